The van der Waals surface area contributed by atoms with Crippen molar-refractivity contribution in [3.8, 4) is 44.5 Å². The average Bonchev–Trinajstić information content (AvgIpc) is 3.84. The van der Waals surface area contributed by atoms with E-state index in [-0.39, 0.29) is 0 Å². The largest absolute Gasteiger partial charge is 0.309 e. The summed E-state index contributed by atoms with van der Waals surface area (Å²) in [5, 5.41) is 15.6. The summed E-state index contributed by atoms with van der Waals surface area (Å²) < 4.78 is 1.20. The first-order valence-electron chi connectivity index (χ1n) is 22.1. The molecule has 2 heteroatoms. The highest BCUT2D eigenvalue weighted by Crippen LogP contribution is 2.57. The second kappa shape index (κ2) is 14.3. The van der Waals surface area contributed by atoms with Crippen molar-refractivity contribution in [2.24, 2.45) is 0 Å². The third-order valence-electron chi connectivity index (χ3n) is 13.7. The van der Waals surface area contributed by atoms with Gasteiger partial charge in [-0.1, -0.05) is 169 Å². The van der Waals surface area contributed by atoms with Gasteiger partial charge in [0.1, 0.15) is 0 Å². The Morgan fingerprint density at radius 2 is 0.688 bits per heavy atom. The minimum atomic E-state index is 1.16. The van der Waals surface area contributed by atoms with Crippen molar-refractivity contribution >= 4 is 97.6 Å². The summed E-state index contributed by atoms with van der Waals surface area (Å²) in [7, 11) is 0. The molecule has 0 amide bonds. The Balaban J connectivity index is 0.000000142. The van der Waals surface area contributed by atoms with E-state index in [2.05, 4.69) is 241 Å². The maximum Gasteiger partial charge on any atom is 0.0619 e. The van der Waals surface area contributed by atoms with Crippen LogP contribution in [0.4, 0.5) is 17.1 Å². The van der Waals surface area contributed by atoms with E-state index in [9.17, 15) is 0 Å². The zero-order valence-corrected chi connectivity index (χ0v) is 37.0. The van der Waals surface area contributed by atoms with E-state index in [4.69, 9.17) is 0 Å². The lowest BCUT2D eigenvalue weighted by Crippen LogP contribution is -2.11. The van der Waals surface area contributed by atoms with Crippen LogP contribution in [0.5, 0.6) is 0 Å². The molecule has 0 saturated carbocycles. The number of halogens is 1. The number of hydrogen-bond acceptors (Lipinski definition) is 1. The van der Waals surface area contributed by atoms with Gasteiger partial charge in [0, 0.05) is 32.0 Å². The van der Waals surface area contributed by atoms with Crippen molar-refractivity contribution in [2.45, 2.75) is 13.8 Å². The van der Waals surface area contributed by atoms with E-state index in [1.54, 1.807) is 0 Å². The molecule has 14 rings (SSSR count). The maximum absolute atomic E-state index is 3.87. The maximum atomic E-state index is 3.87. The standard InChI is InChI=1S/C38H27N.C24H13Br/c1-24-14-18-28(19-15-24)39(29-20-16-25(2)17-21-29)38-32-11-6-5-10-30(32)37-35-23-27-9-4-3-8-26(27)22-34(35)31-12-7-13-33(38)36(31)37;25-24-18-9-4-3-8-16(18)23-21-13-15-7-2-1-6-14(15)12-20(21)17-10-5-11-19(24)22(17)23/h3-23H,1-2H3;1-13H. The van der Waals surface area contributed by atoms with Crippen molar-refractivity contribution in [2.75, 3.05) is 4.90 Å². The molecule has 12 aromatic carbocycles. The lowest BCUT2D eigenvalue weighted by atomic mass is 9.92. The molecule has 12 aromatic rings. The van der Waals surface area contributed by atoms with Gasteiger partial charge in [0.25, 0.3) is 0 Å². The monoisotopic (exact) mass is 877 g/mol. The molecule has 2 aliphatic carbocycles. The second-order valence-electron chi connectivity index (χ2n) is 17.5. The molecule has 0 saturated heterocycles. The van der Waals surface area contributed by atoms with Gasteiger partial charge < -0.3 is 4.90 Å². The highest BCUT2D eigenvalue weighted by atomic mass is 79.9. The number of fused-ring (bicyclic) bond motifs is 12. The van der Waals surface area contributed by atoms with Crippen LogP contribution in [0.25, 0.3) is 109 Å². The van der Waals surface area contributed by atoms with E-state index in [1.807, 2.05) is 0 Å². The van der Waals surface area contributed by atoms with Crippen LogP contribution < -0.4 is 4.90 Å². The fraction of sp³-hybridized carbons (Fsp3) is 0.0323. The summed E-state index contributed by atoms with van der Waals surface area (Å²) in [4.78, 5) is 2.45. The molecule has 300 valence electrons. The van der Waals surface area contributed by atoms with Gasteiger partial charge in [0.15, 0.2) is 0 Å². The third kappa shape index (κ3) is 5.49. The molecule has 2 aliphatic rings. The topological polar surface area (TPSA) is 3.24 Å². The molecule has 0 aliphatic heterocycles. The van der Waals surface area contributed by atoms with Gasteiger partial charge in [0.2, 0.25) is 0 Å². The number of nitrogens with zero attached hydrogens (tertiary/aromatic N) is 1. The first kappa shape index (κ1) is 37.1. The fourth-order valence-corrected chi connectivity index (χ4v) is 11.4. The fourth-order valence-electron chi connectivity index (χ4n) is 10.8. The molecular weight excluding hydrogens is 839 g/mol. The molecule has 0 aromatic heterocycles. The van der Waals surface area contributed by atoms with Crippen LogP contribution in [0.3, 0.4) is 0 Å². The quantitative estimate of drug-likeness (QED) is 0.160. The molecule has 1 nitrogen and oxygen atoms in total. The van der Waals surface area contributed by atoms with Crippen molar-refractivity contribution in [1.82, 2.24) is 0 Å². The number of benzene rings is 12. The molecule has 0 heterocycles. The van der Waals surface area contributed by atoms with Crippen LogP contribution in [-0.2, 0) is 0 Å². The van der Waals surface area contributed by atoms with E-state index < -0.39 is 0 Å². The SMILES string of the molecule is Brc1c2ccccc2c2c3c(cccc13)-c1cc3ccccc3cc1-2.Cc1ccc(N(c2ccc(C)cc2)c2c3ccccc3c3c4c(cccc24)-c2cc4ccccc4cc2-3)cc1. The second-order valence-corrected chi connectivity index (χ2v) is 18.2. The van der Waals surface area contributed by atoms with Crippen LogP contribution in [0.15, 0.2) is 211 Å². The molecule has 0 fully saturated rings. The predicted molar refractivity (Wildman–Crippen MR) is 279 cm³/mol. The zero-order chi connectivity index (χ0) is 42.6. The van der Waals surface area contributed by atoms with E-state index in [1.165, 1.54) is 130 Å². The van der Waals surface area contributed by atoms with Crippen LogP contribution in [0.2, 0.25) is 0 Å². The summed E-state index contributed by atoms with van der Waals surface area (Å²) in [6.45, 7) is 4.30. The molecule has 0 N–H and O–H groups in total. The number of anilines is 3. The smallest absolute Gasteiger partial charge is 0.0619 e. The average molecular weight is 879 g/mol. The molecule has 0 spiro atoms. The number of rotatable bonds is 3. The zero-order valence-electron chi connectivity index (χ0n) is 35.5. The minimum absolute atomic E-state index is 1.16. The highest BCUT2D eigenvalue weighted by Gasteiger charge is 2.29. The Morgan fingerprint density at radius 3 is 1.19 bits per heavy atom. The van der Waals surface area contributed by atoms with E-state index >= 15 is 0 Å². The minimum Gasteiger partial charge on any atom is -0.309 e. The Kier molecular flexibility index (Phi) is 8.26. The third-order valence-corrected chi connectivity index (χ3v) is 14.6. The predicted octanol–water partition coefficient (Wildman–Crippen LogP) is 18.4. The summed E-state index contributed by atoms with van der Waals surface area (Å²) in [5.41, 5.74) is 16.8. The van der Waals surface area contributed by atoms with Crippen LogP contribution in [0, 0.1) is 13.8 Å². The van der Waals surface area contributed by atoms with Crippen molar-refractivity contribution < 1.29 is 0 Å². The number of aryl methyl sites for hydroxylation is 2. The summed E-state index contributed by atoms with van der Waals surface area (Å²) in [6.07, 6.45) is 0. The van der Waals surface area contributed by atoms with Gasteiger partial charge in [-0.15, -0.1) is 0 Å². The summed E-state index contributed by atoms with van der Waals surface area (Å²) >= 11 is 3.87. The summed E-state index contributed by atoms with van der Waals surface area (Å²) in [6, 6.07) is 75.8. The molecule has 0 atom stereocenters. The summed E-state index contributed by atoms with van der Waals surface area (Å²) in [5.74, 6) is 0. The van der Waals surface area contributed by atoms with E-state index in [0.717, 1.165) is 11.4 Å². The molecular formula is C62H40BrN. The molecule has 0 unspecified atom stereocenters. The highest BCUT2D eigenvalue weighted by molar-refractivity contribution is 9.10. The van der Waals surface area contributed by atoms with Crippen molar-refractivity contribution in [3.63, 3.8) is 0 Å². The molecule has 0 radical (unpaired) electrons. The Bertz CT molecular complexity index is 3870. The van der Waals surface area contributed by atoms with Gasteiger partial charge in [-0.05, 0) is 171 Å². The van der Waals surface area contributed by atoms with Crippen molar-refractivity contribution in [1.29, 1.82) is 0 Å². The first-order valence-corrected chi connectivity index (χ1v) is 22.9. The lowest BCUT2D eigenvalue weighted by Gasteiger charge is -2.29. The van der Waals surface area contributed by atoms with Crippen LogP contribution >= 0.6 is 15.9 Å². The van der Waals surface area contributed by atoms with Gasteiger partial charge >= 0.3 is 0 Å². The normalized spacial score (nSPS) is 12.0. The first-order chi connectivity index (χ1) is 31.5. The van der Waals surface area contributed by atoms with Crippen LogP contribution in [-0.4, -0.2) is 0 Å². The Labute approximate surface area is 380 Å². The van der Waals surface area contributed by atoms with Gasteiger partial charge in [-0.2, -0.15) is 0 Å². The van der Waals surface area contributed by atoms with Crippen molar-refractivity contribution in [3.05, 3.63) is 222 Å². The lowest BCUT2D eigenvalue weighted by molar-refractivity contribution is 1.29. The molecule has 64 heavy (non-hydrogen) atoms. The van der Waals surface area contributed by atoms with Gasteiger partial charge in [0.05, 0.1) is 5.69 Å². The van der Waals surface area contributed by atoms with E-state index in [0.29, 0.717) is 0 Å². The Morgan fingerprint density at radius 1 is 0.312 bits per heavy atom. The van der Waals surface area contributed by atoms with Gasteiger partial charge in [-0.3, -0.25) is 0 Å². The Hall–Kier alpha value is -7.52. The van der Waals surface area contributed by atoms with Gasteiger partial charge in [-0.25, -0.2) is 0 Å². The van der Waals surface area contributed by atoms with Crippen LogP contribution in [0.1, 0.15) is 11.1 Å². The number of hydrogen-bond donors (Lipinski definition) is 0. The molecule has 0 bridgehead atoms.